The van der Waals surface area contributed by atoms with Crippen molar-refractivity contribution in [1.29, 1.82) is 0 Å². The van der Waals surface area contributed by atoms with Gasteiger partial charge in [-0.15, -0.1) is 0 Å². The third-order valence-electron chi connectivity index (χ3n) is 2.86. The highest BCUT2D eigenvalue weighted by Crippen LogP contribution is 2.33. The quantitative estimate of drug-likeness (QED) is 0.780. The van der Waals surface area contributed by atoms with Crippen LogP contribution in [0.25, 0.3) is 10.9 Å². The maximum absolute atomic E-state index is 11.4. The Kier molecular flexibility index (Phi) is 3.53. The molecule has 0 atom stereocenters. The summed E-state index contributed by atoms with van der Waals surface area (Å²) in [5.74, 6) is -0.387. The standard InChI is InChI=1S/C15H9BrN2O3/c16-9-5-10(7-17-6-9)21-14-11-3-1-2-4-13(11)18-8-12(14)15(19)20/h1-8H,(H,19,20). The molecule has 6 heteroatoms. The molecule has 5 nitrogen and oxygen atoms in total. The van der Waals surface area contributed by atoms with Gasteiger partial charge in [0, 0.05) is 22.3 Å². The summed E-state index contributed by atoms with van der Waals surface area (Å²) in [7, 11) is 0. The van der Waals surface area contributed by atoms with E-state index < -0.39 is 5.97 Å². The van der Waals surface area contributed by atoms with Crippen molar-refractivity contribution in [3.8, 4) is 11.5 Å². The molecule has 0 amide bonds. The summed E-state index contributed by atoms with van der Waals surface area (Å²) in [6.07, 6.45) is 4.44. The van der Waals surface area contributed by atoms with Crippen LogP contribution in [0, 0.1) is 0 Å². The molecular weight excluding hydrogens is 336 g/mol. The molecule has 0 radical (unpaired) electrons. The number of carboxylic acid groups (broad SMARTS) is 1. The molecule has 2 heterocycles. The van der Waals surface area contributed by atoms with E-state index >= 15 is 0 Å². The largest absolute Gasteiger partial charge is 0.477 e. The van der Waals surface area contributed by atoms with Crippen LogP contribution < -0.4 is 4.74 Å². The Morgan fingerprint density at radius 3 is 2.76 bits per heavy atom. The Balaban J connectivity index is 2.18. The van der Waals surface area contributed by atoms with Crippen molar-refractivity contribution in [3.05, 3.63) is 59.0 Å². The number of carboxylic acids is 1. The number of hydrogen-bond donors (Lipinski definition) is 1. The van der Waals surface area contributed by atoms with Gasteiger partial charge < -0.3 is 9.84 Å². The number of carbonyl (C=O) groups is 1. The predicted molar refractivity (Wildman–Crippen MR) is 80.7 cm³/mol. The summed E-state index contributed by atoms with van der Waals surface area (Å²) in [4.78, 5) is 19.5. The van der Waals surface area contributed by atoms with E-state index in [1.165, 1.54) is 12.4 Å². The van der Waals surface area contributed by atoms with Crippen LogP contribution in [0.4, 0.5) is 0 Å². The van der Waals surface area contributed by atoms with E-state index in [-0.39, 0.29) is 11.3 Å². The number of rotatable bonds is 3. The maximum Gasteiger partial charge on any atom is 0.341 e. The number of para-hydroxylation sites is 1. The second kappa shape index (κ2) is 5.49. The van der Waals surface area contributed by atoms with Crippen molar-refractivity contribution in [3.63, 3.8) is 0 Å². The van der Waals surface area contributed by atoms with Gasteiger partial charge in [0.15, 0.2) is 5.75 Å². The van der Waals surface area contributed by atoms with Crippen LogP contribution in [0.2, 0.25) is 0 Å². The van der Waals surface area contributed by atoms with E-state index in [0.29, 0.717) is 16.7 Å². The van der Waals surface area contributed by atoms with Crippen molar-refractivity contribution in [2.45, 2.75) is 0 Å². The average Bonchev–Trinajstić information content (AvgIpc) is 2.47. The van der Waals surface area contributed by atoms with Crippen molar-refractivity contribution >= 4 is 32.8 Å². The molecule has 1 aromatic carbocycles. The van der Waals surface area contributed by atoms with Crippen LogP contribution in [0.3, 0.4) is 0 Å². The minimum Gasteiger partial charge on any atom is -0.477 e. The fourth-order valence-electron chi connectivity index (χ4n) is 1.94. The van der Waals surface area contributed by atoms with Crippen LogP contribution in [0.1, 0.15) is 10.4 Å². The SMILES string of the molecule is O=C(O)c1cnc2ccccc2c1Oc1cncc(Br)c1. The number of benzene rings is 1. The molecule has 0 unspecified atom stereocenters. The van der Waals surface area contributed by atoms with Gasteiger partial charge in [-0.3, -0.25) is 9.97 Å². The van der Waals surface area contributed by atoms with Crippen LogP contribution in [-0.4, -0.2) is 21.0 Å². The first kappa shape index (κ1) is 13.5. The third-order valence-corrected chi connectivity index (χ3v) is 3.29. The lowest BCUT2D eigenvalue weighted by Gasteiger charge is -2.11. The molecule has 3 aromatic rings. The Hall–Kier alpha value is -2.47. The van der Waals surface area contributed by atoms with Gasteiger partial charge in [0.05, 0.1) is 11.7 Å². The van der Waals surface area contributed by atoms with Gasteiger partial charge in [-0.05, 0) is 34.1 Å². The van der Waals surface area contributed by atoms with E-state index in [1.54, 1.807) is 24.4 Å². The molecule has 0 aliphatic rings. The monoisotopic (exact) mass is 344 g/mol. The van der Waals surface area contributed by atoms with Crippen LogP contribution in [0.15, 0.2) is 53.4 Å². The number of aromatic nitrogens is 2. The number of fused-ring (bicyclic) bond motifs is 1. The highest BCUT2D eigenvalue weighted by Gasteiger charge is 2.16. The molecule has 0 fully saturated rings. The number of halogens is 1. The first-order valence-electron chi connectivity index (χ1n) is 6.04. The van der Waals surface area contributed by atoms with E-state index in [2.05, 4.69) is 25.9 Å². The van der Waals surface area contributed by atoms with Gasteiger partial charge in [0.1, 0.15) is 11.3 Å². The molecule has 21 heavy (non-hydrogen) atoms. The van der Waals surface area contributed by atoms with Gasteiger partial charge in [0.25, 0.3) is 0 Å². The summed E-state index contributed by atoms with van der Waals surface area (Å²) in [6, 6.07) is 8.93. The predicted octanol–water partition coefficient (Wildman–Crippen LogP) is 3.88. The summed E-state index contributed by atoms with van der Waals surface area (Å²) in [5.41, 5.74) is 0.675. The summed E-state index contributed by atoms with van der Waals surface area (Å²) < 4.78 is 6.50. The molecule has 0 saturated carbocycles. The number of aromatic carboxylic acids is 1. The molecule has 1 N–H and O–H groups in total. The van der Waals surface area contributed by atoms with Gasteiger partial charge in [0.2, 0.25) is 0 Å². The molecule has 0 saturated heterocycles. The molecule has 0 aliphatic carbocycles. The molecular formula is C15H9BrN2O3. The summed E-state index contributed by atoms with van der Waals surface area (Å²) >= 11 is 3.30. The van der Waals surface area contributed by atoms with E-state index in [9.17, 15) is 9.90 Å². The van der Waals surface area contributed by atoms with E-state index in [0.717, 1.165) is 4.47 Å². The Labute approximate surface area is 128 Å². The zero-order valence-electron chi connectivity index (χ0n) is 10.7. The van der Waals surface area contributed by atoms with Gasteiger partial charge >= 0.3 is 5.97 Å². The summed E-state index contributed by atoms with van der Waals surface area (Å²) in [6.45, 7) is 0. The van der Waals surface area contributed by atoms with Crippen molar-refractivity contribution in [2.24, 2.45) is 0 Å². The number of pyridine rings is 2. The fourth-order valence-corrected chi connectivity index (χ4v) is 2.29. The zero-order valence-corrected chi connectivity index (χ0v) is 12.2. The highest BCUT2D eigenvalue weighted by molar-refractivity contribution is 9.10. The van der Waals surface area contributed by atoms with Crippen LogP contribution in [-0.2, 0) is 0 Å². The fraction of sp³-hybridized carbons (Fsp3) is 0. The van der Waals surface area contributed by atoms with E-state index in [1.807, 2.05) is 12.1 Å². The van der Waals surface area contributed by atoms with Gasteiger partial charge in [-0.2, -0.15) is 0 Å². The van der Waals surface area contributed by atoms with E-state index in [4.69, 9.17) is 4.74 Å². The smallest absolute Gasteiger partial charge is 0.341 e. The number of hydrogen-bond acceptors (Lipinski definition) is 4. The minimum atomic E-state index is -1.09. The van der Waals surface area contributed by atoms with Crippen molar-refractivity contribution in [1.82, 2.24) is 9.97 Å². The first-order chi connectivity index (χ1) is 10.1. The average molecular weight is 345 g/mol. The Morgan fingerprint density at radius 2 is 2.00 bits per heavy atom. The number of nitrogens with zero attached hydrogens (tertiary/aromatic N) is 2. The second-order valence-electron chi connectivity index (χ2n) is 4.26. The minimum absolute atomic E-state index is 0.00803. The topological polar surface area (TPSA) is 72.3 Å². The molecule has 0 bridgehead atoms. The third kappa shape index (κ3) is 2.71. The maximum atomic E-state index is 11.4. The molecule has 0 spiro atoms. The Bertz CT molecular complexity index is 836. The normalized spacial score (nSPS) is 10.5. The second-order valence-corrected chi connectivity index (χ2v) is 5.18. The lowest BCUT2D eigenvalue weighted by atomic mass is 10.1. The molecule has 0 aliphatic heterocycles. The van der Waals surface area contributed by atoms with Gasteiger partial charge in [-0.25, -0.2) is 4.79 Å². The van der Waals surface area contributed by atoms with Crippen molar-refractivity contribution in [2.75, 3.05) is 0 Å². The zero-order chi connectivity index (χ0) is 14.8. The van der Waals surface area contributed by atoms with Gasteiger partial charge in [-0.1, -0.05) is 12.1 Å². The summed E-state index contributed by atoms with van der Waals surface area (Å²) in [5, 5.41) is 9.95. The number of ether oxygens (including phenoxy) is 1. The van der Waals surface area contributed by atoms with Crippen LogP contribution in [0.5, 0.6) is 11.5 Å². The lowest BCUT2D eigenvalue weighted by Crippen LogP contribution is -2.02. The van der Waals surface area contributed by atoms with Crippen LogP contribution >= 0.6 is 15.9 Å². The molecule has 104 valence electrons. The molecule has 3 rings (SSSR count). The van der Waals surface area contributed by atoms with Crippen molar-refractivity contribution < 1.29 is 14.6 Å². The highest BCUT2D eigenvalue weighted by atomic mass is 79.9. The lowest BCUT2D eigenvalue weighted by molar-refractivity contribution is 0.0694. The Morgan fingerprint density at radius 1 is 1.19 bits per heavy atom. The first-order valence-corrected chi connectivity index (χ1v) is 6.84. The molecule has 2 aromatic heterocycles.